The molecule has 0 aliphatic heterocycles. The lowest BCUT2D eigenvalue weighted by Crippen LogP contribution is -2.20. The number of rotatable bonds is 3. The average molecular weight is 181 g/mol. The molecule has 0 radical (unpaired) electrons. The van der Waals surface area contributed by atoms with Crippen LogP contribution in [-0.4, -0.2) is 34.9 Å². The van der Waals surface area contributed by atoms with E-state index in [-0.39, 0.29) is 5.56 Å². The van der Waals surface area contributed by atoms with E-state index in [9.17, 15) is 4.79 Å². The van der Waals surface area contributed by atoms with Gasteiger partial charge in [0.25, 0.3) is 0 Å². The molecular formula is C8H11N3O2. The highest BCUT2D eigenvalue weighted by Gasteiger charge is 2.13. The molecule has 1 heterocycles. The molecular weight excluding hydrogens is 170 g/mol. The van der Waals surface area contributed by atoms with E-state index in [4.69, 9.17) is 5.11 Å². The molecule has 0 amide bonds. The van der Waals surface area contributed by atoms with Crippen LogP contribution in [0.2, 0.25) is 0 Å². The Morgan fingerprint density at radius 2 is 2.38 bits per heavy atom. The van der Waals surface area contributed by atoms with Gasteiger partial charge in [-0.1, -0.05) is 0 Å². The first-order valence-electron chi connectivity index (χ1n) is 3.93. The summed E-state index contributed by atoms with van der Waals surface area (Å²) in [5.41, 5.74) is 0.180. The largest absolute Gasteiger partial charge is 0.478 e. The van der Waals surface area contributed by atoms with Crippen LogP contribution in [0, 0.1) is 0 Å². The van der Waals surface area contributed by atoms with Gasteiger partial charge in [-0.3, -0.25) is 0 Å². The topological polar surface area (TPSA) is 66.3 Å². The third-order valence-corrected chi connectivity index (χ3v) is 1.77. The zero-order valence-electron chi connectivity index (χ0n) is 7.56. The molecule has 1 aromatic rings. The molecule has 1 N–H and O–H groups in total. The SMILES string of the molecule is CCN(C)c1nnccc1C(=O)O. The predicted molar refractivity (Wildman–Crippen MR) is 47.9 cm³/mol. The molecule has 1 aromatic heterocycles. The Hall–Kier alpha value is -1.65. The van der Waals surface area contributed by atoms with Crippen molar-refractivity contribution >= 4 is 11.8 Å². The lowest BCUT2D eigenvalue weighted by Gasteiger charge is -2.15. The van der Waals surface area contributed by atoms with Crippen molar-refractivity contribution in [2.45, 2.75) is 6.92 Å². The lowest BCUT2D eigenvalue weighted by atomic mass is 10.3. The van der Waals surface area contributed by atoms with Gasteiger partial charge in [0.15, 0.2) is 5.82 Å². The summed E-state index contributed by atoms with van der Waals surface area (Å²) < 4.78 is 0. The van der Waals surface area contributed by atoms with Gasteiger partial charge in [0.2, 0.25) is 0 Å². The van der Waals surface area contributed by atoms with Gasteiger partial charge in [-0.05, 0) is 13.0 Å². The van der Waals surface area contributed by atoms with E-state index in [1.54, 1.807) is 11.9 Å². The Labute approximate surface area is 76.0 Å². The van der Waals surface area contributed by atoms with Crippen LogP contribution in [0.25, 0.3) is 0 Å². The van der Waals surface area contributed by atoms with Crippen LogP contribution in [0.4, 0.5) is 5.82 Å². The predicted octanol–water partition coefficient (Wildman–Crippen LogP) is 0.631. The highest BCUT2D eigenvalue weighted by molar-refractivity contribution is 5.92. The molecule has 0 saturated carbocycles. The Morgan fingerprint density at radius 1 is 1.69 bits per heavy atom. The van der Waals surface area contributed by atoms with Crippen molar-refractivity contribution in [2.75, 3.05) is 18.5 Å². The van der Waals surface area contributed by atoms with Crippen molar-refractivity contribution in [3.05, 3.63) is 17.8 Å². The number of carbonyl (C=O) groups is 1. The van der Waals surface area contributed by atoms with Gasteiger partial charge in [0.1, 0.15) is 5.56 Å². The number of hydrogen-bond acceptors (Lipinski definition) is 4. The number of aromatic carboxylic acids is 1. The number of aromatic nitrogens is 2. The maximum atomic E-state index is 10.7. The molecule has 0 aliphatic carbocycles. The second-order valence-corrected chi connectivity index (χ2v) is 2.59. The first-order chi connectivity index (χ1) is 6.16. The molecule has 0 unspecified atom stereocenters. The summed E-state index contributed by atoms with van der Waals surface area (Å²) >= 11 is 0. The van der Waals surface area contributed by atoms with Gasteiger partial charge in [-0.25, -0.2) is 4.79 Å². The third kappa shape index (κ3) is 1.93. The summed E-state index contributed by atoms with van der Waals surface area (Å²) in [5.74, 6) is -0.581. The maximum absolute atomic E-state index is 10.7. The van der Waals surface area contributed by atoms with Gasteiger partial charge in [0.05, 0.1) is 6.20 Å². The van der Waals surface area contributed by atoms with Gasteiger partial charge >= 0.3 is 5.97 Å². The van der Waals surface area contributed by atoms with E-state index >= 15 is 0 Å². The van der Waals surface area contributed by atoms with Crippen molar-refractivity contribution < 1.29 is 9.90 Å². The quantitative estimate of drug-likeness (QED) is 0.740. The summed E-state index contributed by atoms with van der Waals surface area (Å²) in [6.07, 6.45) is 1.37. The first-order valence-corrected chi connectivity index (χ1v) is 3.93. The standard InChI is InChI=1S/C8H11N3O2/c1-3-11(2)7-6(8(12)13)4-5-9-10-7/h4-5H,3H2,1-2H3,(H,12,13). The van der Waals surface area contributed by atoms with E-state index in [1.165, 1.54) is 12.3 Å². The molecule has 5 nitrogen and oxygen atoms in total. The monoisotopic (exact) mass is 181 g/mol. The molecule has 0 saturated heterocycles. The van der Waals surface area contributed by atoms with Gasteiger partial charge in [0, 0.05) is 13.6 Å². The van der Waals surface area contributed by atoms with E-state index in [2.05, 4.69) is 10.2 Å². The summed E-state index contributed by atoms with van der Waals surface area (Å²) in [5, 5.41) is 16.2. The van der Waals surface area contributed by atoms with Gasteiger partial charge in [-0.15, -0.1) is 5.10 Å². The van der Waals surface area contributed by atoms with Crippen molar-refractivity contribution in [3.63, 3.8) is 0 Å². The average Bonchev–Trinajstić information content (AvgIpc) is 2.16. The van der Waals surface area contributed by atoms with E-state index < -0.39 is 5.97 Å². The van der Waals surface area contributed by atoms with Crippen molar-refractivity contribution in [1.29, 1.82) is 0 Å². The molecule has 13 heavy (non-hydrogen) atoms. The minimum absolute atomic E-state index is 0.180. The second kappa shape index (κ2) is 3.84. The molecule has 70 valence electrons. The summed E-state index contributed by atoms with van der Waals surface area (Å²) in [6, 6.07) is 1.44. The first kappa shape index (κ1) is 9.44. The molecule has 0 spiro atoms. The molecule has 0 aliphatic rings. The number of carboxylic acid groups (broad SMARTS) is 1. The van der Waals surface area contributed by atoms with E-state index in [1.807, 2.05) is 6.92 Å². The van der Waals surface area contributed by atoms with Crippen LogP contribution in [-0.2, 0) is 0 Å². The molecule has 0 fully saturated rings. The minimum atomic E-state index is -0.981. The Morgan fingerprint density at radius 3 is 2.92 bits per heavy atom. The number of nitrogens with zero attached hydrogens (tertiary/aromatic N) is 3. The molecule has 1 rings (SSSR count). The zero-order valence-corrected chi connectivity index (χ0v) is 7.56. The fourth-order valence-electron chi connectivity index (χ4n) is 0.923. The van der Waals surface area contributed by atoms with Gasteiger partial charge < -0.3 is 10.0 Å². The van der Waals surface area contributed by atoms with Crippen LogP contribution >= 0.6 is 0 Å². The minimum Gasteiger partial charge on any atom is -0.478 e. The van der Waals surface area contributed by atoms with Crippen LogP contribution in [0.3, 0.4) is 0 Å². The Kier molecular flexibility index (Phi) is 2.79. The smallest absolute Gasteiger partial charge is 0.339 e. The third-order valence-electron chi connectivity index (χ3n) is 1.77. The second-order valence-electron chi connectivity index (χ2n) is 2.59. The highest BCUT2D eigenvalue weighted by atomic mass is 16.4. The van der Waals surface area contributed by atoms with Crippen LogP contribution in [0.1, 0.15) is 17.3 Å². The number of anilines is 1. The lowest BCUT2D eigenvalue weighted by molar-refractivity contribution is 0.0697. The van der Waals surface area contributed by atoms with Gasteiger partial charge in [-0.2, -0.15) is 5.10 Å². The summed E-state index contributed by atoms with van der Waals surface area (Å²) in [4.78, 5) is 12.5. The van der Waals surface area contributed by atoms with E-state index in [0.29, 0.717) is 12.4 Å². The summed E-state index contributed by atoms with van der Waals surface area (Å²) in [6.45, 7) is 2.61. The fraction of sp³-hybridized carbons (Fsp3) is 0.375. The van der Waals surface area contributed by atoms with Crippen molar-refractivity contribution in [3.8, 4) is 0 Å². The fourth-order valence-corrected chi connectivity index (χ4v) is 0.923. The molecule has 0 bridgehead atoms. The number of hydrogen-bond donors (Lipinski definition) is 1. The molecule has 0 atom stereocenters. The normalized spacial score (nSPS) is 9.69. The van der Waals surface area contributed by atoms with Crippen molar-refractivity contribution in [2.24, 2.45) is 0 Å². The van der Waals surface area contributed by atoms with Crippen molar-refractivity contribution in [1.82, 2.24) is 10.2 Å². The number of carboxylic acids is 1. The summed E-state index contributed by atoms with van der Waals surface area (Å²) in [7, 11) is 1.77. The van der Waals surface area contributed by atoms with Crippen LogP contribution < -0.4 is 4.90 Å². The molecule has 0 aromatic carbocycles. The van der Waals surface area contributed by atoms with Crippen LogP contribution in [0.5, 0.6) is 0 Å². The maximum Gasteiger partial charge on any atom is 0.339 e. The Bertz CT molecular complexity index is 314. The van der Waals surface area contributed by atoms with Crippen LogP contribution in [0.15, 0.2) is 12.3 Å². The zero-order chi connectivity index (χ0) is 9.84. The highest BCUT2D eigenvalue weighted by Crippen LogP contribution is 2.13. The van der Waals surface area contributed by atoms with E-state index in [0.717, 1.165) is 0 Å². The Balaban J connectivity index is 3.11. The molecule has 5 heteroatoms.